The number of nitrogens with one attached hydrogen (secondary N) is 1. The minimum Gasteiger partial charge on any atom is -0.486 e. The minimum atomic E-state index is -0.555. The van der Waals surface area contributed by atoms with E-state index in [1.54, 1.807) is 18.2 Å². The maximum atomic E-state index is 13.2. The Morgan fingerprint density at radius 1 is 1.22 bits per heavy atom. The average molecular weight is 381 g/mol. The molecule has 3 aromatic rings. The SMILES string of the molecule is CC1(C)c2cc(OCC(=O)CO)ccc2C(=O)c2c1[nH]c1cc(S)ccc21. The number of aromatic nitrogens is 1. The van der Waals surface area contributed by atoms with Crippen LogP contribution >= 0.6 is 12.6 Å². The summed E-state index contributed by atoms with van der Waals surface area (Å²) >= 11 is 4.39. The second-order valence-corrected chi connectivity index (χ2v) is 7.77. The number of carbonyl (C=O) groups is 2. The number of hydrogen-bond acceptors (Lipinski definition) is 5. The van der Waals surface area contributed by atoms with E-state index >= 15 is 0 Å². The zero-order chi connectivity index (χ0) is 19.3. The van der Waals surface area contributed by atoms with Crippen molar-refractivity contribution in [3.05, 3.63) is 58.8 Å². The van der Waals surface area contributed by atoms with E-state index in [1.807, 2.05) is 18.2 Å². The van der Waals surface area contributed by atoms with E-state index in [-0.39, 0.29) is 12.4 Å². The van der Waals surface area contributed by atoms with Gasteiger partial charge in [0.15, 0.2) is 11.6 Å². The molecule has 0 fully saturated rings. The largest absolute Gasteiger partial charge is 0.486 e. The van der Waals surface area contributed by atoms with Crippen LogP contribution in [0.5, 0.6) is 5.75 Å². The summed E-state index contributed by atoms with van der Waals surface area (Å²) in [7, 11) is 0. The maximum absolute atomic E-state index is 13.2. The predicted molar refractivity (Wildman–Crippen MR) is 105 cm³/mol. The fraction of sp³-hybridized carbons (Fsp3) is 0.238. The molecule has 0 spiro atoms. The third-order valence-corrected chi connectivity index (χ3v) is 5.40. The Labute approximate surface area is 161 Å². The van der Waals surface area contributed by atoms with E-state index in [4.69, 9.17) is 9.84 Å². The number of benzene rings is 2. The lowest BCUT2D eigenvalue weighted by Gasteiger charge is -2.32. The van der Waals surface area contributed by atoms with Crippen LogP contribution in [0.1, 0.15) is 41.0 Å². The molecular weight excluding hydrogens is 362 g/mol. The molecule has 0 aliphatic heterocycles. The molecule has 0 unspecified atom stereocenters. The van der Waals surface area contributed by atoms with Gasteiger partial charge in [-0.15, -0.1) is 12.6 Å². The number of rotatable bonds is 4. The summed E-state index contributed by atoms with van der Waals surface area (Å²) in [6.07, 6.45) is 0. The number of aromatic amines is 1. The van der Waals surface area contributed by atoms with Crippen molar-refractivity contribution >= 4 is 35.1 Å². The predicted octanol–water partition coefficient (Wildman–Crippen LogP) is 3.27. The van der Waals surface area contributed by atoms with Crippen LogP contribution in [0.2, 0.25) is 0 Å². The van der Waals surface area contributed by atoms with Crippen molar-refractivity contribution in [3.8, 4) is 5.75 Å². The highest BCUT2D eigenvalue weighted by Gasteiger charge is 2.39. The Morgan fingerprint density at radius 2 is 2.00 bits per heavy atom. The Balaban J connectivity index is 1.84. The van der Waals surface area contributed by atoms with Gasteiger partial charge in [-0.05, 0) is 35.9 Å². The van der Waals surface area contributed by atoms with Crippen molar-refractivity contribution in [2.24, 2.45) is 0 Å². The minimum absolute atomic E-state index is 0.0320. The molecule has 5 nitrogen and oxygen atoms in total. The van der Waals surface area contributed by atoms with Gasteiger partial charge in [0.25, 0.3) is 0 Å². The molecular formula is C21H19NO4S. The smallest absolute Gasteiger partial charge is 0.195 e. The van der Waals surface area contributed by atoms with Crippen LogP contribution in [-0.4, -0.2) is 34.9 Å². The molecule has 4 rings (SSSR count). The number of aliphatic hydroxyl groups excluding tert-OH is 1. The molecule has 1 aliphatic rings. The van der Waals surface area contributed by atoms with Crippen LogP contribution in [0.25, 0.3) is 10.9 Å². The van der Waals surface area contributed by atoms with E-state index < -0.39 is 17.8 Å². The number of hydrogen-bond donors (Lipinski definition) is 3. The summed E-state index contributed by atoms with van der Waals surface area (Å²) in [4.78, 5) is 28.7. The van der Waals surface area contributed by atoms with Crippen molar-refractivity contribution in [2.75, 3.05) is 13.2 Å². The molecule has 0 bridgehead atoms. The van der Waals surface area contributed by atoms with Crippen molar-refractivity contribution < 1.29 is 19.4 Å². The lowest BCUT2D eigenvalue weighted by Crippen LogP contribution is -2.30. The van der Waals surface area contributed by atoms with Gasteiger partial charge >= 0.3 is 0 Å². The Hall–Kier alpha value is -2.57. The fourth-order valence-corrected chi connectivity index (χ4v) is 3.90. The third-order valence-electron chi connectivity index (χ3n) is 5.12. The standard InChI is InChI=1S/C21H19NO4S/c1-21(2)16-7-12(26-10-11(24)9-23)3-5-14(16)19(25)18-15-6-4-13(27)8-17(15)22-20(18)21/h3-8,22-23,27H,9-10H2,1-2H3. The van der Waals surface area contributed by atoms with Crippen molar-refractivity contribution in [3.63, 3.8) is 0 Å². The first-order valence-electron chi connectivity index (χ1n) is 8.62. The molecule has 1 aromatic heterocycles. The van der Waals surface area contributed by atoms with E-state index in [2.05, 4.69) is 31.5 Å². The number of Topliss-reactive ketones (excluding diaryl/α,β-unsaturated/α-hetero) is 1. The average Bonchev–Trinajstić information content (AvgIpc) is 3.04. The number of ketones is 2. The normalized spacial score (nSPS) is 14.7. The number of H-pyrrole nitrogens is 1. The van der Waals surface area contributed by atoms with Crippen molar-refractivity contribution in [1.82, 2.24) is 4.98 Å². The Kier molecular flexibility index (Phi) is 4.13. The van der Waals surface area contributed by atoms with Gasteiger partial charge in [-0.3, -0.25) is 9.59 Å². The summed E-state index contributed by atoms with van der Waals surface area (Å²) in [6, 6.07) is 10.9. The topological polar surface area (TPSA) is 79.4 Å². The van der Waals surface area contributed by atoms with Crippen molar-refractivity contribution in [1.29, 1.82) is 0 Å². The second-order valence-electron chi connectivity index (χ2n) is 7.25. The number of carbonyl (C=O) groups excluding carboxylic acids is 2. The fourth-order valence-electron chi connectivity index (χ4n) is 3.70. The highest BCUT2D eigenvalue weighted by atomic mass is 32.1. The molecule has 0 saturated heterocycles. The Bertz CT molecular complexity index is 1100. The van der Waals surface area contributed by atoms with Gasteiger partial charge in [0.2, 0.25) is 0 Å². The maximum Gasteiger partial charge on any atom is 0.195 e. The van der Waals surface area contributed by atoms with Crippen molar-refractivity contribution in [2.45, 2.75) is 24.2 Å². The first-order chi connectivity index (χ1) is 12.8. The quantitative estimate of drug-likeness (QED) is 0.606. The van der Waals surface area contributed by atoms with Gasteiger partial charge in [-0.2, -0.15) is 0 Å². The zero-order valence-electron chi connectivity index (χ0n) is 15.0. The summed E-state index contributed by atoms with van der Waals surface area (Å²) in [5.74, 6) is 0.0626. The van der Waals surface area contributed by atoms with Gasteiger partial charge in [0.1, 0.15) is 19.0 Å². The first-order valence-corrected chi connectivity index (χ1v) is 9.07. The van der Waals surface area contributed by atoms with Crippen LogP contribution in [-0.2, 0) is 10.2 Å². The molecule has 0 atom stereocenters. The van der Waals surface area contributed by atoms with Gasteiger partial charge in [0.05, 0.1) is 5.56 Å². The van der Waals surface area contributed by atoms with Gasteiger partial charge < -0.3 is 14.8 Å². The third kappa shape index (κ3) is 2.76. The van der Waals surface area contributed by atoms with Crippen LogP contribution in [0, 0.1) is 0 Å². The molecule has 6 heteroatoms. The molecule has 1 heterocycles. The highest BCUT2D eigenvalue weighted by molar-refractivity contribution is 7.80. The number of aliphatic hydroxyl groups is 1. The molecule has 2 N–H and O–H groups in total. The van der Waals surface area contributed by atoms with E-state index in [0.717, 1.165) is 27.1 Å². The summed E-state index contributed by atoms with van der Waals surface area (Å²) in [5.41, 5.74) is 3.45. The zero-order valence-corrected chi connectivity index (χ0v) is 15.9. The monoisotopic (exact) mass is 381 g/mol. The molecule has 0 amide bonds. The highest BCUT2D eigenvalue weighted by Crippen LogP contribution is 2.44. The molecule has 0 saturated carbocycles. The second kappa shape index (κ2) is 6.25. The number of ether oxygens (including phenoxy) is 1. The van der Waals surface area contributed by atoms with Crippen LogP contribution in [0.4, 0.5) is 0 Å². The number of thiol groups is 1. The molecule has 1 aliphatic carbocycles. The van der Waals surface area contributed by atoms with Crippen LogP contribution in [0.15, 0.2) is 41.3 Å². The molecule has 0 radical (unpaired) electrons. The van der Waals surface area contributed by atoms with Gasteiger partial charge in [-0.25, -0.2) is 0 Å². The lowest BCUT2D eigenvalue weighted by molar-refractivity contribution is -0.123. The Morgan fingerprint density at radius 3 is 2.74 bits per heavy atom. The van der Waals surface area contributed by atoms with E-state index in [0.29, 0.717) is 16.9 Å². The van der Waals surface area contributed by atoms with Crippen LogP contribution in [0.3, 0.4) is 0 Å². The molecule has 138 valence electrons. The number of fused-ring (bicyclic) bond motifs is 4. The summed E-state index contributed by atoms with van der Waals surface area (Å²) in [5, 5.41) is 9.73. The first kappa shape index (κ1) is 17.8. The van der Waals surface area contributed by atoms with E-state index in [9.17, 15) is 9.59 Å². The molecule has 27 heavy (non-hydrogen) atoms. The van der Waals surface area contributed by atoms with E-state index in [1.165, 1.54) is 0 Å². The summed E-state index contributed by atoms with van der Waals surface area (Å²) < 4.78 is 5.47. The molecule has 2 aromatic carbocycles. The van der Waals surface area contributed by atoms with Crippen LogP contribution < -0.4 is 4.74 Å². The van der Waals surface area contributed by atoms with Gasteiger partial charge in [-0.1, -0.05) is 19.9 Å². The van der Waals surface area contributed by atoms with Gasteiger partial charge in [0, 0.05) is 32.5 Å². The lowest BCUT2D eigenvalue weighted by atomic mass is 9.71. The summed E-state index contributed by atoms with van der Waals surface area (Å²) in [6.45, 7) is 3.35.